The van der Waals surface area contributed by atoms with Gasteiger partial charge >= 0.3 is 0 Å². The van der Waals surface area contributed by atoms with Crippen LogP contribution in [0, 0.1) is 13.8 Å². The first kappa shape index (κ1) is 19.0. The largest absolute Gasteiger partial charge is 0.490 e. The number of benzene rings is 2. The lowest BCUT2D eigenvalue weighted by Crippen LogP contribution is -2.10. The maximum atomic E-state index is 12.5. The summed E-state index contributed by atoms with van der Waals surface area (Å²) in [7, 11) is 0. The number of ether oxygens (including phenoxy) is 2. The Balaban J connectivity index is 1.63. The second kappa shape index (κ2) is 8.73. The molecule has 0 bridgehead atoms. The third-order valence-electron chi connectivity index (χ3n) is 3.90. The topological polar surface area (TPSA) is 47.6 Å². The molecule has 0 atom stereocenters. The minimum atomic E-state index is -0.106. The van der Waals surface area contributed by atoms with Crippen molar-refractivity contribution in [1.82, 2.24) is 0 Å². The first-order chi connectivity index (χ1) is 13.0. The first-order valence-electron chi connectivity index (χ1n) is 8.87. The molecule has 0 aliphatic heterocycles. The van der Waals surface area contributed by atoms with E-state index in [9.17, 15) is 4.79 Å². The zero-order chi connectivity index (χ0) is 19.2. The fourth-order valence-electron chi connectivity index (χ4n) is 2.82. The number of thiophene rings is 1. The molecule has 0 saturated carbocycles. The number of para-hydroxylation sites is 2. The molecule has 2 aromatic carbocycles. The summed E-state index contributed by atoms with van der Waals surface area (Å²) < 4.78 is 11.4. The zero-order valence-electron chi connectivity index (χ0n) is 15.7. The molecule has 1 N–H and O–H groups in total. The van der Waals surface area contributed by atoms with E-state index in [1.165, 1.54) is 11.3 Å². The third kappa shape index (κ3) is 5.11. The van der Waals surface area contributed by atoms with Gasteiger partial charge < -0.3 is 14.8 Å². The van der Waals surface area contributed by atoms with Gasteiger partial charge in [0.05, 0.1) is 11.5 Å². The Labute approximate surface area is 163 Å². The maximum Gasteiger partial charge on any atom is 0.265 e. The minimum absolute atomic E-state index is 0.106. The van der Waals surface area contributed by atoms with Crippen LogP contribution in [0.5, 0.6) is 11.5 Å². The normalized spacial score (nSPS) is 10.5. The number of anilines is 1. The number of hydrogen-bond acceptors (Lipinski definition) is 4. The highest BCUT2D eigenvalue weighted by Gasteiger charge is 2.11. The molecule has 4 nitrogen and oxygen atoms in total. The van der Waals surface area contributed by atoms with Crippen LogP contribution in [0.25, 0.3) is 0 Å². The van der Waals surface area contributed by atoms with Crippen LogP contribution in [0.2, 0.25) is 0 Å². The molecule has 0 aliphatic rings. The molecule has 140 valence electrons. The molecule has 0 radical (unpaired) electrons. The zero-order valence-corrected chi connectivity index (χ0v) is 16.6. The van der Waals surface area contributed by atoms with Crippen LogP contribution in [-0.4, -0.2) is 12.5 Å². The van der Waals surface area contributed by atoms with Gasteiger partial charge in [-0.3, -0.25) is 4.79 Å². The Kier molecular flexibility index (Phi) is 6.14. The van der Waals surface area contributed by atoms with Crippen molar-refractivity contribution in [1.29, 1.82) is 0 Å². The van der Waals surface area contributed by atoms with Crippen LogP contribution in [0.1, 0.15) is 33.3 Å². The number of carbonyl (C=O) groups excluding carboxylic acids is 1. The third-order valence-corrected chi connectivity index (χ3v) is 4.88. The summed E-state index contributed by atoms with van der Waals surface area (Å²) in [6, 6.07) is 15.5. The molecule has 0 unspecified atom stereocenters. The van der Waals surface area contributed by atoms with Crippen molar-refractivity contribution in [3.63, 3.8) is 0 Å². The van der Waals surface area contributed by atoms with Crippen molar-refractivity contribution < 1.29 is 14.3 Å². The summed E-state index contributed by atoms with van der Waals surface area (Å²) >= 11 is 1.41. The van der Waals surface area contributed by atoms with Crippen LogP contribution in [0.3, 0.4) is 0 Å². The molecule has 3 aromatic rings. The molecule has 27 heavy (non-hydrogen) atoms. The summed E-state index contributed by atoms with van der Waals surface area (Å²) in [5.41, 5.74) is 4.02. The number of aryl methyl sites for hydroxylation is 2. The van der Waals surface area contributed by atoms with Crippen molar-refractivity contribution in [3.05, 3.63) is 75.5 Å². The van der Waals surface area contributed by atoms with Gasteiger partial charge in [0.25, 0.3) is 5.91 Å². The fraction of sp³-hybridized carbons (Fsp3) is 0.227. The molecule has 0 fully saturated rings. The van der Waals surface area contributed by atoms with Gasteiger partial charge in [0.15, 0.2) is 11.5 Å². The van der Waals surface area contributed by atoms with Gasteiger partial charge in [-0.2, -0.15) is 0 Å². The number of carbonyl (C=O) groups is 1. The van der Waals surface area contributed by atoms with E-state index < -0.39 is 0 Å². The molecule has 1 heterocycles. The lowest BCUT2D eigenvalue weighted by molar-refractivity contribution is 0.103. The van der Waals surface area contributed by atoms with Gasteiger partial charge in [-0.25, -0.2) is 0 Å². The van der Waals surface area contributed by atoms with E-state index in [0.29, 0.717) is 23.8 Å². The van der Waals surface area contributed by atoms with Gasteiger partial charge in [0.1, 0.15) is 6.61 Å². The van der Waals surface area contributed by atoms with Crippen molar-refractivity contribution in [3.8, 4) is 11.5 Å². The standard InChI is InChI=1S/C22H23NO3S/c1-4-25-19-7-5-6-8-20(19)26-13-17-12-21(27-14-17)22(24)23-18-10-15(2)9-16(3)11-18/h5-12,14H,4,13H2,1-3H3,(H,23,24). The Morgan fingerprint density at radius 1 is 1.00 bits per heavy atom. The van der Waals surface area contributed by atoms with Crippen LogP contribution >= 0.6 is 11.3 Å². The summed E-state index contributed by atoms with van der Waals surface area (Å²) in [6.45, 7) is 6.95. The lowest BCUT2D eigenvalue weighted by atomic mass is 10.1. The monoisotopic (exact) mass is 381 g/mol. The summed E-state index contributed by atoms with van der Waals surface area (Å²) in [5.74, 6) is 1.32. The molecular formula is C22H23NO3S. The molecule has 1 amide bonds. The number of amides is 1. The van der Waals surface area contributed by atoms with Crippen molar-refractivity contribution in [2.45, 2.75) is 27.4 Å². The molecule has 0 spiro atoms. The number of nitrogens with one attached hydrogen (secondary N) is 1. The molecule has 0 aliphatic carbocycles. The van der Waals surface area contributed by atoms with Gasteiger partial charge in [-0.15, -0.1) is 11.3 Å². The molecule has 0 saturated heterocycles. The fourth-order valence-corrected chi connectivity index (χ4v) is 3.61. The van der Waals surface area contributed by atoms with E-state index in [2.05, 4.69) is 11.4 Å². The molecule has 3 rings (SSSR count). The maximum absolute atomic E-state index is 12.5. The predicted molar refractivity (Wildman–Crippen MR) is 110 cm³/mol. The van der Waals surface area contributed by atoms with Gasteiger partial charge in [0.2, 0.25) is 0 Å². The molecule has 5 heteroatoms. The van der Waals surface area contributed by atoms with E-state index >= 15 is 0 Å². The van der Waals surface area contributed by atoms with Crippen molar-refractivity contribution in [2.24, 2.45) is 0 Å². The highest BCUT2D eigenvalue weighted by Crippen LogP contribution is 2.28. The van der Waals surface area contributed by atoms with E-state index in [1.54, 1.807) is 0 Å². The Morgan fingerprint density at radius 2 is 1.67 bits per heavy atom. The minimum Gasteiger partial charge on any atom is -0.490 e. The average Bonchev–Trinajstić information content (AvgIpc) is 3.09. The van der Waals surface area contributed by atoms with E-state index in [-0.39, 0.29) is 5.91 Å². The highest BCUT2D eigenvalue weighted by atomic mass is 32.1. The van der Waals surface area contributed by atoms with Gasteiger partial charge in [-0.1, -0.05) is 18.2 Å². The van der Waals surface area contributed by atoms with E-state index in [0.717, 1.165) is 28.1 Å². The molecular weight excluding hydrogens is 358 g/mol. The van der Waals surface area contributed by atoms with E-state index in [1.807, 2.05) is 68.6 Å². The SMILES string of the molecule is CCOc1ccccc1OCc1csc(C(=O)Nc2cc(C)cc(C)c2)c1. The van der Waals surface area contributed by atoms with Crippen LogP contribution in [0.4, 0.5) is 5.69 Å². The average molecular weight is 381 g/mol. The van der Waals surface area contributed by atoms with Gasteiger partial charge in [-0.05, 0) is 67.6 Å². The summed E-state index contributed by atoms with van der Waals surface area (Å²) in [6.07, 6.45) is 0. The second-order valence-electron chi connectivity index (χ2n) is 6.32. The van der Waals surface area contributed by atoms with Crippen LogP contribution in [-0.2, 0) is 6.61 Å². The number of rotatable bonds is 7. The van der Waals surface area contributed by atoms with Crippen molar-refractivity contribution >= 4 is 22.9 Å². The summed E-state index contributed by atoms with van der Waals surface area (Å²) in [5, 5.41) is 4.91. The molecule has 1 aromatic heterocycles. The smallest absolute Gasteiger partial charge is 0.265 e. The van der Waals surface area contributed by atoms with Crippen LogP contribution in [0.15, 0.2) is 53.9 Å². The second-order valence-corrected chi connectivity index (χ2v) is 7.23. The first-order valence-corrected chi connectivity index (χ1v) is 9.75. The Hall–Kier alpha value is -2.79. The number of hydrogen-bond donors (Lipinski definition) is 1. The lowest BCUT2D eigenvalue weighted by Gasteiger charge is -2.10. The summed E-state index contributed by atoms with van der Waals surface area (Å²) in [4.78, 5) is 13.2. The quantitative estimate of drug-likeness (QED) is 0.580. The van der Waals surface area contributed by atoms with Crippen LogP contribution < -0.4 is 14.8 Å². The highest BCUT2D eigenvalue weighted by molar-refractivity contribution is 7.12. The Morgan fingerprint density at radius 3 is 2.33 bits per heavy atom. The van der Waals surface area contributed by atoms with Crippen molar-refractivity contribution in [2.75, 3.05) is 11.9 Å². The van der Waals surface area contributed by atoms with E-state index in [4.69, 9.17) is 9.47 Å². The Bertz CT molecular complexity index is 913. The van der Waals surface area contributed by atoms with Gasteiger partial charge in [0, 0.05) is 11.3 Å². The predicted octanol–water partition coefficient (Wildman–Crippen LogP) is 5.59.